The molecule has 1 fully saturated rings. The molecule has 2 aromatic rings. The molecule has 0 radical (unpaired) electrons. The van der Waals surface area contributed by atoms with Crippen LogP contribution in [0.1, 0.15) is 22.8 Å². The lowest BCUT2D eigenvalue weighted by molar-refractivity contribution is 0.0513. The van der Waals surface area contributed by atoms with Crippen LogP contribution in [0.4, 0.5) is 0 Å². The molecule has 1 amide bonds. The van der Waals surface area contributed by atoms with E-state index in [1.54, 1.807) is 0 Å². The highest BCUT2D eigenvalue weighted by Gasteiger charge is 2.32. The predicted octanol–water partition coefficient (Wildman–Crippen LogP) is 2.74. The second-order valence-electron chi connectivity index (χ2n) is 7.29. The van der Waals surface area contributed by atoms with Crippen LogP contribution in [0, 0.1) is 0 Å². The number of nitrogens with one attached hydrogen (secondary N) is 1. The number of rotatable bonds is 5. The first-order valence-electron chi connectivity index (χ1n) is 9.61. The molecule has 142 valence electrons. The van der Waals surface area contributed by atoms with Crippen LogP contribution in [0.25, 0.3) is 11.1 Å². The lowest BCUT2D eigenvalue weighted by Crippen LogP contribution is -2.43. The predicted molar refractivity (Wildman–Crippen MR) is 105 cm³/mol. The van der Waals surface area contributed by atoms with Gasteiger partial charge >= 0.3 is 0 Å². The van der Waals surface area contributed by atoms with Crippen molar-refractivity contribution in [2.45, 2.75) is 25.5 Å². The van der Waals surface area contributed by atoms with Gasteiger partial charge in [-0.15, -0.1) is 0 Å². The minimum atomic E-state index is -0.0520. The molecule has 5 nitrogen and oxygen atoms in total. The fourth-order valence-corrected chi connectivity index (χ4v) is 3.90. The van der Waals surface area contributed by atoms with E-state index >= 15 is 0 Å². The van der Waals surface area contributed by atoms with E-state index in [1.165, 1.54) is 5.56 Å². The summed E-state index contributed by atoms with van der Waals surface area (Å²) < 4.78 is 11.4. The average molecular weight is 366 g/mol. The van der Waals surface area contributed by atoms with E-state index < -0.39 is 0 Å². The Kier molecular flexibility index (Phi) is 5.14. The minimum Gasteiger partial charge on any atom is -0.493 e. The third kappa shape index (κ3) is 3.84. The maximum atomic E-state index is 12.7. The van der Waals surface area contributed by atoms with E-state index in [2.05, 4.69) is 28.4 Å². The van der Waals surface area contributed by atoms with Crippen molar-refractivity contribution in [2.24, 2.45) is 0 Å². The zero-order valence-corrected chi connectivity index (χ0v) is 15.9. The first-order chi connectivity index (χ1) is 13.1. The van der Waals surface area contributed by atoms with Crippen molar-refractivity contribution in [3.63, 3.8) is 0 Å². The zero-order valence-electron chi connectivity index (χ0n) is 15.9. The van der Waals surface area contributed by atoms with Crippen LogP contribution in [-0.4, -0.2) is 56.3 Å². The van der Waals surface area contributed by atoms with Gasteiger partial charge in [-0.2, -0.15) is 0 Å². The first-order valence-corrected chi connectivity index (χ1v) is 9.61. The SMILES string of the molecule is CCO[C@H]1CN(C)C[C@@H]1NC(=O)c1ccc(-c2ccc3c(c2)OCC3)cc1. The van der Waals surface area contributed by atoms with Crippen molar-refractivity contribution in [1.29, 1.82) is 0 Å². The monoisotopic (exact) mass is 366 g/mol. The Balaban J connectivity index is 1.45. The number of carbonyl (C=O) groups is 1. The molecule has 4 rings (SSSR count). The number of likely N-dealkylation sites (N-methyl/N-ethyl adjacent to an activating group) is 1. The standard InChI is InChI=1S/C22H26N2O3/c1-3-26-21-14-24(2)13-19(21)23-22(25)17-7-4-15(5-8-17)18-9-6-16-10-11-27-20(16)12-18/h4-9,12,19,21H,3,10-11,13-14H2,1-2H3,(H,23,25)/t19-,21-/m0/s1. The summed E-state index contributed by atoms with van der Waals surface area (Å²) in [7, 11) is 2.05. The van der Waals surface area contributed by atoms with Crippen LogP contribution in [0.15, 0.2) is 42.5 Å². The molecule has 2 atom stereocenters. The molecule has 0 spiro atoms. The van der Waals surface area contributed by atoms with Crippen molar-refractivity contribution in [3.05, 3.63) is 53.6 Å². The Bertz CT molecular complexity index is 819. The highest BCUT2D eigenvalue weighted by atomic mass is 16.5. The number of benzene rings is 2. The van der Waals surface area contributed by atoms with Crippen molar-refractivity contribution in [3.8, 4) is 16.9 Å². The molecule has 2 heterocycles. The molecular formula is C22H26N2O3. The molecule has 2 aliphatic heterocycles. The van der Waals surface area contributed by atoms with Gasteiger partial charge in [0.15, 0.2) is 0 Å². The number of ether oxygens (including phenoxy) is 2. The molecule has 0 bridgehead atoms. The lowest BCUT2D eigenvalue weighted by atomic mass is 10.0. The van der Waals surface area contributed by atoms with Gasteiger partial charge in [-0.1, -0.05) is 24.3 Å². The maximum Gasteiger partial charge on any atom is 0.251 e. The van der Waals surface area contributed by atoms with E-state index in [0.29, 0.717) is 12.2 Å². The van der Waals surface area contributed by atoms with Gasteiger partial charge in [0.2, 0.25) is 0 Å². The molecule has 0 aliphatic carbocycles. The van der Waals surface area contributed by atoms with Gasteiger partial charge in [0.05, 0.1) is 18.8 Å². The average Bonchev–Trinajstić information content (AvgIpc) is 3.28. The van der Waals surface area contributed by atoms with Crippen LogP contribution in [-0.2, 0) is 11.2 Å². The summed E-state index contributed by atoms with van der Waals surface area (Å²) in [5.74, 6) is 0.922. The Morgan fingerprint density at radius 1 is 1.19 bits per heavy atom. The van der Waals surface area contributed by atoms with Crippen molar-refractivity contribution in [2.75, 3.05) is 33.4 Å². The van der Waals surface area contributed by atoms with Crippen LogP contribution >= 0.6 is 0 Å². The summed E-state index contributed by atoms with van der Waals surface area (Å²) >= 11 is 0. The molecule has 27 heavy (non-hydrogen) atoms. The fourth-order valence-electron chi connectivity index (χ4n) is 3.90. The largest absolute Gasteiger partial charge is 0.493 e. The maximum absolute atomic E-state index is 12.7. The second kappa shape index (κ2) is 7.71. The van der Waals surface area contributed by atoms with Gasteiger partial charge in [0.1, 0.15) is 5.75 Å². The molecule has 2 aliphatic rings. The van der Waals surface area contributed by atoms with Crippen molar-refractivity contribution < 1.29 is 14.3 Å². The Morgan fingerprint density at radius 3 is 2.74 bits per heavy atom. The zero-order chi connectivity index (χ0) is 18.8. The summed E-state index contributed by atoms with van der Waals surface area (Å²) in [4.78, 5) is 14.8. The number of carbonyl (C=O) groups excluding carboxylic acids is 1. The molecule has 0 saturated carbocycles. The number of likely N-dealkylation sites (tertiary alicyclic amines) is 1. The Morgan fingerprint density at radius 2 is 1.96 bits per heavy atom. The summed E-state index contributed by atoms with van der Waals surface area (Å²) in [5, 5.41) is 3.13. The molecule has 5 heteroatoms. The summed E-state index contributed by atoms with van der Waals surface area (Å²) in [6.45, 7) is 5.06. The molecule has 0 unspecified atom stereocenters. The minimum absolute atomic E-state index is 0.0241. The Labute approximate surface area is 160 Å². The molecular weight excluding hydrogens is 340 g/mol. The summed E-state index contributed by atoms with van der Waals surface area (Å²) in [6, 6.07) is 14.1. The van der Waals surface area contributed by atoms with Gasteiger partial charge in [-0.05, 0) is 48.9 Å². The summed E-state index contributed by atoms with van der Waals surface area (Å²) in [6.07, 6.45) is 1.03. The number of hydrogen-bond acceptors (Lipinski definition) is 4. The van der Waals surface area contributed by atoms with Gasteiger partial charge < -0.3 is 19.7 Å². The third-order valence-corrected chi connectivity index (χ3v) is 5.32. The normalized spacial score (nSPS) is 21.7. The molecule has 1 N–H and O–H groups in total. The summed E-state index contributed by atoms with van der Waals surface area (Å²) in [5.41, 5.74) is 4.12. The highest BCUT2D eigenvalue weighted by molar-refractivity contribution is 5.95. The number of nitrogens with zero attached hydrogens (tertiary/aromatic N) is 1. The molecule has 2 aromatic carbocycles. The third-order valence-electron chi connectivity index (χ3n) is 5.32. The topological polar surface area (TPSA) is 50.8 Å². The van der Waals surface area contributed by atoms with E-state index in [-0.39, 0.29) is 18.1 Å². The van der Waals surface area contributed by atoms with Crippen LogP contribution in [0.2, 0.25) is 0 Å². The van der Waals surface area contributed by atoms with E-state index in [9.17, 15) is 4.79 Å². The molecule has 0 aromatic heterocycles. The van der Waals surface area contributed by atoms with Gasteiger partial charge in [-0.25, -0.2) is 0 Å². The number of hydrogen-bond donors (Lipinski definition) is 1. The fraction of sp³-hybridized carbons (Fsp3) is 0.409. The highest BCUT2D eigenvalue weighted by Crippen LogP contribution is 2.31. The van der Waals surface area contributed by atoms with E-state index in [0.717, 1.165) is 43.0 Å². The first kappa shape index (κ1) is 18.0. The second-order valence-corrected chi connectivity index (χ2v) is 7.29. The van der Waals surface area contributed by atoms with Gasteiger partial charge in [0, 0.05) is 31.7 Å². The van der Waals surface area contributed by atoms with Crippen LogP contribution in [0.3, 0.4) is 0 Å². The smallest absolute Gasteiger partial charge is 0.251 e. The van der Waals surface area contributed by atoms with Crippen LogP contribution in [0.5, 0.6) is 5.75 Å². The van der Waals surface area contributed by atoms with Gasteiger partial charge in [-0.3, -0.25) is 4.79 Å². The lowest BCUT2D eigenvalue weighted by Gasteiger charge is -2.19. The number of fused-ring (bicyclic) bond motifs is 1. The molecule has 1 saturated heterocycles. The van der Waals surface area contributed by atoms with Gasteiger partial charge in [0.25, 0.3) is 5.91 Å². The van der Waals surface area contributed by atoms with E-state index in [4.69, 9.17) is 9.47 Å². The van der Waals surface area contributed by atoms with E-state index in [1.807, 2.05) is 38.2 Å². The van der Waals surface area contributed by atoms with Crippen molar-refractivity contribution in [1.82, 2.24) is 10.2 Å². The number of amides is 1. The Hall–Kier alpha value is -2.37. The van der Waals surface area contributed by atoms with Crippen molar-refractivity contribution >= 4 is 5.91 Å². The quantitative estimate of drug-likeness (QED) is 0.884. The van der Waals surface area contributed by atoms with Crippen LogP contribution < -0.4 is 10.1 Å².